The molecule has 1 saturated heterocycles. The quantitative estimate of drug-likeness (QED) is 0.153. The van der Waals surface area contributed by atoms with Gasteiger partial charge in [0.15, 0.2) is 0 Å². The maximum absolute atomic E-state index is 14.6. The van der Waals surface area contributed by atoms with Crippen LogP contribution in [0.2, 0.25) is 0 Å². The second-order valence-electron chi connectivity index (χ2n) is 18.0. The Morgan fingerprint density at radius 1 is 1.15 bits per heavy atom. The summed E-state index contributed by atoms with van der Waals surface area (Å²) in [5.74, 6) is -2.27. The van der Waals surface area contributed by atoms with Gasteiger partial charge in [-0.05, 0) is 83.2 Å². The van der Waals surface area contributed by atoms with Crippen molar-refractivity contribution in [1.82, 2.24) is 40.1 Å². The number of carbonyl (C=O) groups is 4. The van der Waals surface area contributed by atoms with Crippen LogP contribution in [-0.2, 0) is 43.2 Å². The van der Waals surface area contributed by atoms with E-state index < -0.39 is 41.0 Å². The average Bonchev–Trinajstić information content (AvgIpc) is 3.83. The van der Waals surface area contributed by atoms with Crippen molar-refractivity contribution in [2.45, 2.75) is 124 Å². The lowest BCUT2D eigenvalue weighted by Gasteiger charge is -2.40. The first-order valence-corrected chi connectivity index (χ1v) is 22.6. The summed E-state index contributed by atoms with van der Waals surface area (Å²) in [4.78, 5) is 69.4. The average molecular weight is 873 g/mol. The molecule has 4 atom stereocenters. The Balaban J connectivity index is 1.47. The first-order chi connectivity index (χ1) is 29.3. The number of cyclic esters (lactones) is 1. The lowest BCUT2D eigenvalue weighted by atomic mass is 9.84. The molecule has 0 unspecified atom stereocenters. The van der Waals surface area contributed by atoms with E-state index in [1.165, 1.54) is 21.2 Å². The number of benzene rings is 1. The third kappa shape index (κ3) is 9.38. The Labute approximate surface area is 369 Å². The molecule has 2 aliphatic rings. The van der Waals surface area contributed by atoms with Gasteiger partial charge < -0.3 is 34.3 Å². The van der Waals surface area contributed by atoms with E-state index >= 15 is 0 Å². The Morgan fingerprint density at radius 3 is 2.55 bits per heavy atom. The van der Waals surface area contributed by atoms with Crippen molar-refractivity contribution in [1.29, 1.82) is 0 Å². The van der Waals surface area contributed by atoms with Crippen molar-refractivity contribution in [2.75, 3.05) is 33.9 Å². The topological polar surface area (TPSA) is 171 Å². The number of aliphatic hydroxyl groups is 1. The van der Waals surface area contributed by atoms with Crippen LogP contribution in [0.4, 0.5) is 4.79 Å². The first-order valence-electron chi connectivity index (χ1n) is 21.7. The van der Waals surface area contributed by atoms with E-state index in [0.717, 1.165) is 44.7 Å². The highest BCUT2D eigenvalue weighted by Crippen LogP contribution is 2.42. The number of fused-ring (bicyclic) bond motifs is 6. The van der Waals surface area contributed by atoms with Crippen molar-refractivity contribution in [3.8, 4) is 22.5 Å². The molecule has 62 heavy (non-hydrogen) atoms. The molecule has 2 aliphatic heterocycles. The normalized spacial score (nSPS) is 20.5. The minimum atomic E-state index is -2.20. The minimum Gasteiger partial charge on any atom is -0.462 e. The number of nitrogens with zero attached hydrogens (tertiary/aromatic N) is 6. The standard InChI is InChI=1S/C46H64N8O7S/c1-12-52(28(5)6)44(58)51(10)39(27(3)4)41(55)49-34-23-37-48-35(25-62-37)30-17-18-36-32(22-30)33(40(53(36)13-2)31-16-14-20-47-38(31)29(7)60-11)24-45(8,9)26-61-43(57)46(59)19-15-21-54(50-46)42(34)56/h14,16-18,20,22,25,27-29,34,39,50,59H,12-13,15,19,21,23-24,26H2,1-11H3,(H,49,55)/t29-,34-,39-,46-/m0/s1. The van der Waals surface area contributed by atoms with E-state index in [0.29, 0.717) is 24.5 Å². The van der Waals surface area contributed by atoms with Crippen molar-refractivity contribution in [3.63, 3.8) is 0 Å². The van der Waals surface area contributed by atoms with Crippen LogP contribution >= 0.6 is 11.3 Å². The first kappa shape index (κ1) is 46.6. The monoisotopic (exact) mass is 872 g/mol. The van der Waals surface area contributed by atoms with E-state index in [1.54, 1.807) is 25.3 Å². The van der Waals surface area contributed by atoms with Crippen LogP contribution in [0.3, 0.4) is 0 Å². The zero-order valence-corrected chi connectivity index (χ0v) is 38.9. The second kappa shape index (κ2) is 18.8. The number of thiazole rings is 1. The third-order valence-electron chi connectivity index (χ3n) is 12.1. The number of carbonyl (C=O) groups excluding carboxylic acids is 4. The van der Waals surface area contributed by atoms with Gasteiger partial charge >= 0.3 is 12.0 Å². The van der Waals surface area contributed by atoms with Gasteiger partial charge in [0.05, 0.1) is 34.8 Å². The molecule has 6 bridgehead atoms. The molecular formula is C46H64N8O7S. The molecule has 336 valence electrons. The minimum absolute atomic E-state index is 0.00734. The fourth-order valence-corrected chi connectivity index (χ4v) is 9.68. The summed E-state index contributed by atoms with van der Waals surface area (Å²) >= 11 is 1.38. The van der Waals surface area contributed by atoms with E-state index in [9.17, 15) is 24.3 Å². The SMILES string of the molecule is CCN(C(=O)N(C)[C@H](C(=O)N[C@H]1Cc2nc(cs2)-c2ccc3c(c2)c(c(-c2cccnc2[C@H](C)OC)n3CC)CC(C)(C)COC(=O)[C@@]2(O)CCCN(N2)C1=O)C(C)C)C(C)C. The van der Waals surface area contributed by atoms with Crippen molar-refractivity contribution in [2.24, 2.45) is 11.3 Å². The molecule has 1 aromatic carbocycles. The maximum atomic E-state index is 14.6. The van der Waals surface area contributed by atoms with Gasteiger partial charge in [-0.3, -0.25) is 19.6 Å². The van der Waals surface area contributed by atoms with E-state index in [-0.39, 0.29) is 56.5 Å². The van der Waals surface area contributed by atoms with Crippen LogP contribution in [0, 0.1) is 11.3 Å². The molecule has 1 fully saturated rings. The molecule has 3 N–H and O–H groups in total. The zero-order valence-electron chi connectivity index (χ0n) is 38.1. The van der Waals surface area contributed by atoms with Crippen molar-refractivity contribution >= 4 is 46.1 Å². The van der Waals surface area contributed by atoms with Crippen LogP contribution in [0.5, 0.6) is 0 Å². The number of rotatable bonds is 10. The summed E-state index contributed by atoms with van der Waals surface area (Å²) in [5.41, 5.74) is 6.37. The number of likely N-dealkylation sites (N-methyl/N-ethyl adjacent to an activating group) is 1. The zero-order chi connectivity index (χ0) is 45.3. The molecule has 3 aromatic heterocycles. The summed E-state index contributed by atoms with van der Waals surface area (Å²) < 4.78 is 14.0. The van der Waals surface area contributed by atoms with Gasteiger partial charge in [0.2, 0.25) is 11.6 Å². The van der Waals surface area contributed by atoms with E-state index in [1.807, 2.05) is 72.9 Å². The predicted octanol–water partition coefficient (Wildman–Crippen LogP) is 6.33. The molecule has 0 aliphatic carbocycles. The van der Waals surface area contributed by atoms with Gasteiger partial charge in [-0.25, -0.2) is 14.6 Å². The van der Waals surface area contributed by atoms with Crippen LogP contribution < -0.4 is 10.7 Å². The smallest absolute Gasteiger partial charge is 0.355 e. The summed E-state index contributed by atoms with van der Waals surface area (Å²) in [6.07, 6.45) is 2.31. The van der Waals surface area contributed by atoms with Crippen molar-refractivity contribution in [3.05, 3.63) is 58.2 Å². The molecule has 6 rings (SSSR count). The van der Waals surface area contributed by atoms with Gasteiger partial charge in [0.1, 0.15) is 12.1 Å². The van der Waals surface area contributed by atoms with E-state index in [4.69, 9.17) is 19.4 Å². The Hall–Kier alpha value is -4.90. The summed E-state index contributed by atoms with van der Waals surface area (Å²) in [6, 6.07) is 7.83. The van der Waals surface area contributed by atoms with Crippen LogP contribution in [-0.4, -0.2) is 116 Å². The molecule has 15 nitrogen and oxygen atoms in total. The molecule has 4 aromatic rings. The number of urea groups is 1. The predicted molar refractivity (Wildman–Crippen MR) is 240 cm³/mol. The van der Waals surface area contributed by atoms with Gasteiger partial charge in [0, 0.05) is 91.7 Å². The Kier molecular flexibility index (Phi) is 14.2. The number of nitrogens with one attached hydrogen (secondary N) is 2. The Morgan fingerprint density at radius 2 is 1.89 bits per heavy atom. The van der Waals surface area contributed by atoms with Crippen LogP contribution in [0.1, 0.15) is 97.5 Å². The van der Waals surface area contributed by atoms with Crippen LogP contribution in [0.15, 0.2) is 41.9 Å². The molecule has 4 amide bonds. The number of aryl methyl sites for hydroxylation is 1. The Bertz CT molecular complexity index is 2290. The number of hydrogen-bond acceptors (Lipinski definition) is 11. The number of pyridine rings is 1. The lowest BCUT2D eigenvalue weighted by molar-refractivity contribution is -0.189. The summed E-state index contributed by atoms with van der Waals surface area (Å²) in [6.45, 7) is 18.8. The third-order valence-corrected chi connectivity index (χ3v) is 13.0. The number of hydrazine groups is 1. The van der Waals surface area contributed by atoms with Gasteiger partial charge in [-0.15, -0.1) is 11.3 Å². The van der Waals surface area contributed by atoms with Gasteiger partial charge in [-0.2, -0.15) is 5.43 Å². The lowest BCUT2D eigenvalue weighted by Crippen LogP contribution is -2.67. The second-order valence-corrected chi connectivity index (χ2v) is 18.9. The fourth-order valence-electron chi connectivity index (χ4n) is 8.83. The van der Waals surface area contributed by atoms with Gasteiger partial charge in [0.25, 0.3) is 5.91 Å². The number of esters is 1. The van der Waals surface area contributed by atoms with Crippen molar-refractivity contribution < 1.29 is 33.8 Å². The number of hydrogen-bond donors (Lipinski definition) is 3. The largest absolute Gasteiger partial charge is 0.462 e. The molecule has 5 heterocycles. The van der Waals surface area contributed by atoms with Gasteiger partial charge in [-0.1, -0.05) is 33.8 Å². The van der Waals surface area contributed by atoms with E-state index in [2.05, 4.69) is 40.4 Å². The van der Waals surface area contributed by atoms with Crippen LogP contribution in [0.25, 0.3) is 33.4 Å². The maximum Gasteiger partial charge on any atom is 0.355 e. The highest BCUT2D eigenvalue weighted by Gasteiger charge is 2.45. The summed E-state index contributed by atoms with van der Waals surface area (Å²) in [7, 11) is 3.27. The molecule has 0 radical (unpaired) electrons. The highest BCUT2D eigenvalue weighted by molar-refractivity contribution is 7.10. The fraction of sp³-hybridized carbons (Fsp3) is 0.565. The summed E-state index contributed by atoms with van der Waals surface area (Å²) in [5, 5.41) is 19.5. The molecule has 0 saturated carbocycles. The number of aromatic nitrogens is 3. The molecular weight excluding hydrogens is 809 g/mol. The number of amides is 4. The number of methoxy groups -OCH3 is 1. The molecule has 0 spiro atoms. The number of ether oxygens (including phenoxy) is 2. The highest BCUT2D eigenvalue weighted by atomic mass is 32.1. The molecule has 16 heteroatoms.